The van der Waals surface area contributed by atoms with Gasteiger partial charge in [-0.3, -0.25) is 0 Å². The van der Waals surface area contributed by atoms with Crippen molar-refractivity contribution in [2.45, 2.75) is 43.6 Å². The predicted molar refractivity (Wildman–Crippen MR) is 126 cm³/mol. The van der Waals surface area contributed by atoms with E-state index < -0.39 is 12.7 Å². The van der Waals surface area contributed by atoms with Crippen molar-refractivity contribution in [2.75, 3.05) is 18.1 Å². The summed E-state index contributed by atoms with van der Waals surface area (Å²) in [6.07, 6.45) is 6.39. The third-order valence-electron chi connectivity index (χ3n) is 7.43. The van der Waals surface area contributed by atoms with Crippen molar-refractivity contribution in [2.24, 2.45) is 0 Å². The summed E-state index contributed by atoms with van der Waals surface area (Å²) in [7, 11) is 0. The smallest absolute Gasteiger partial charge is 0.387 e. The van der Waals surface area contributed by atoms with Gasteiger partial charge in [0.25, 0.3) is 0 Å². The summed E-state index contributed by atoms with van der Waals surface area (Å²) in [6.45, 7) is -1.40. The summed E-state index contributed by atoms with van der Waals surface area (Å²) >= 11 is 0. The van der Waals surface area contributed by atoms with Crippen molar-refractivity contribution in [1.29, 1.82) is 0 Å². The number of pyridine rings is 1. The number of hydrogen-bond donors (Lipinski definition) is 1. The number of benzene rings is 1. The maximum Gasteiger partial charge on any atom is 0.387 e. The number of aliphatic hydroxyl groups is 1. The summed E-state index contributed by atoms with van der Waals surface area (Å²) in [4.78, 5) is 16.1. The van der Waals surface area contributed by atoms with Crippen LogP contribution in [0.1, 0.15) is 41.8 Å². The highest BCUT2D eigenvalue weighted by Gasteiger charge is 2.40. The molecule has 1 aromatic carbocycles. The molecule has 4 aromatic rings. The quantitative estimate of drug-likeness (QED) is 0.453. The Morgan fingerprint density at radius 3 is 2.64 bits per heavy atom. The van der Waals surface area contributed by atoms with Gasteiger partial charge in [0.15, 0.2) is 0 Å². The Bertz CT molecular complexity index is 1440. The zero-order chi connectivity index (χ0) is 24.4. The normalized spacial score (nSPS) is 24.7. The number of anilines is 1. The minimum Gasteiger partial charge on any atom is -0.435 e. The summed E-state index contributed by atoms with van der Waals surface area (Å²) < 4.78 is 38.5. The third-order valence-corrected chi connectivity index (χ3v) is 7.43. The van der Waals surface area contributed by atoms with E-state index in [1.807, 2.05) is 35.1 Å². The van der Waals surface area contributed by atoms with Crippen LogP contribution in [0.15, 0.2) is 55.0 Å². The highest BCUT2D eigenvalue weighted by atomic mass is 19.3. The maximum atomic E-state index is 13.1. The van der Waals surface area contributed by atoms with E-state index in [-0.39, 0.29) is 17.8 Å². The molecule has 2 aliphatic heterocycles. The molecule has 7 rings (SSSR count). The molecule has 3 aliphatic rings. The number of morpholine rings is 1. The largest absolute Gasteiger partial charge is 0.435 e. The van der Waals surface area contributed by atoms with Crippen LogP contribution >= 0.6 is 0 Å². The summed E-state index contributed by atoms with van der Waals surface area (Å²) in [6, 6.07) is 10.9. The van der Waals surface area contributed by atoms with E-state index in [0.717, 1.165) is 36.4 Å². The van der Waals surface area contributed by atoms with E-state index in [1.165, 1.54) is 6.07 Å². The van der Waals surface area contributed by atoms with E-state index in [0.29, 0.717) is 35.3 Å². The molecular weight excluding hydrogens is 468 g/mol. The van der Waals surface area contributed by atoms with Gasteiger partial charge in [0.1, 0.15) is 11.4 Å². The zero-order valence-corrected chi connectivity index (χ0v) is 19.2. The number of imidazole rings is 1. The van der Waals surface area contributed by atoms with Crippen LogP contribution in [0, 0.1) is 0 Å². The van der Waals surface area contributed by atoms with Crippen LogP contribution in [-0.4, -0.2) is 56.4 Å². The van der Waals surface area contributed by atoms with Gasteiger partial charge in [-0.2, -0.15) is 8.78 Å². The minimum atomic E-state index is -2.93. The molecule has 8 nitrogen and oxygen atoms in total. The number of para-hydroxylation sites is 1. The second kappa shape index (κ2) is 8.21. The first kappa shape index (κ1) is 21.6. The molecule has 1 unspecified atom stereocenters. The van der Waals surface area contributed by atoms with Crippen LogP contribution in [0.25, 0.3) is 16.8 Å². The molecule has 0 amide bonds. The SMILES string of the molecule is O[C@@H]1C[C@H](c2ccccc2OC(F)F)c2c1nc1ccc(-c3cnc(N4CC5C[C@H]4CO5)nc3)cn21. The van der Waals surface area contributed by atoms with Gasteiger partial charge in [-0.05, 0) is 31.0 Å². The van der Waals surface area contributed by atoms with Gasteiger partial charge >= 0.3 is 6.61 Å². The summed E-state index contributed by atoms with van der Waals surface area (Å²) in [5.74, 6) is 0.466. The molecule has 5 heterocycles. The molecule has 36 heavy (non-hydrogen) atoms. The van der Waals surface area contributed by atoms with Crippen LogP contribution in [0.5, 0.6) is 5.75 Å². The lowest BCUT2D eigenvalue weighted by atomic mass is 9.95. The second-order valence-corrected chi connectivity index (χ2v) is 9.52. The van der Waals surface area contributed by atoms with Gasteiger partial charge in [0.2, 0.25) is 5.95 Å². The number of aliphatic hydroxyl groups excluding tert-OH is 1. The molecule has 1 N–H and O–H groups in total. The lowest BCUT2D eigenvalue weighted by Gasteiger charge is -2.26. The Labute approximate surface area is 205 Å². The van der Waals surface area contributed by atoms with Gasteiger partial charge in [-0.25, -0.2) is 15.0 Å². The molecule has 0 spiro atoms. The highest BCUT2D eigenvalue weighted by Crippen LogP contribution is 2.47. The molecule has 2 bridgehead atoms. The first-order chi connectivity index (χ1) is 17.5. The van der Waals surface area contributed by atoms with Crippen molar-refractivity contribution in [3.05, 3.63) is 71.9 Å². The van der Waals surface area contributed by atoms with Crippen molar-refractivity contribution < 1.29 is 23.4 Å². The van der Waals surface area contributed by atoms with Gasteiger partial charge in [-0.1, -0.05) is 18.2 Å². The van der Waals surface area contributed by atoms with Crippen LogP contribution in [0.2, 0.25) is 0 Å². The molecule has 10 heteroatoms. The van der Waals surface area contributed by atoms with E-state index in [1.54, 1.807) is 18.2 Å². The van der Waals surface area contributed by atoms with E-state index in [9.17, 15) is 13.9 Å². The number of ether oxygens (including phenoxy) is 2. The third kappa shape index (κ3) is 3.43. The first-order valence-electron chi connectivity index (χ1n) is 12.0. The summed E-state index contributed by atoms with van der Waals surface area (Å²) in [5.41, 5.74) is 4.33. The number of fused-ring (bicyclic) bond motifs is 5. The number of alkyl halides is 2. The molecule has 184 valence electrons. The molecule has 4 atom stereocenters. The minimum absolute atomic E-state index is 0.105. The maximum absolute atomic E-state index is 13.1. The highest BCUT2D eigenvalue weighted by molar-refractivity contribution is 5.65. The average molecular weight is 491 g/mol. The zero-order valence-electron chi connectivity index (χ0n) is 19.2. The fourth-order valence-electron chi connectivity index (χ4n) is 5.80. The predicted octanol–water partition coefficient (Wildman–Crippen LogP) is 3.94. The molecule has 1 aliphatic carbocycles. The van der Waals surface area contributed by atoms with Crippen molar-refractivity contribution in [1.82, 2.24) is 19.4 Å². The Morgan fingerprint density at radius 1 is 1.06 bits per heavy atom. The number of aromatic nitrogens is 4. The molecule has 2 fully saturated rings. The topological polar surface area (TPSA) is 85.0 Å². The second-order valence-electron chi connectivity index (χ2n) is 9.52. The number of nitrogens with zero attached hydrogens (tertiary/aromatic N) is 5. The summed E-state index contributed by atoms with van der Waals surface area (Å²) in [5, 5.41) is 10.8. The lowest BCUT2D eigenvalue weighted by Crippen LogP contribution is -2.38. The Hall–Kier alpha value is -3.63. The van der Waals surface area contributed by atoms with Gasteiger partial charge in [-0.15, -0.1) is 0 Å². The lowest BCUT2D eigenvalue weighted by molar-refractivity contribution is -0.0506. The van der Waals surface area contributed by atoms with Crippen molar-refractivity contribution in [3.63, 3.8) is 0 Å². The molecule has 3 aromatic heterocycles. The number of hydrogen-bond acceptors (Lipinski definition) is 7. The first-order valence-corrected chi connectivity index (χ1v) is 12.0. The molecular formula is C26H23F2N5O3. The number of rotatable bonds is 5. The van der Waals surface area contributed by atoms with E-state index in [4.69, 9.17) is 9.47 Å². The molecule has 0 saturated carbocycles. The standard InChI is InChI=1S/C26H23F2N5O3/c27-25(28)36-21-4-2-1-3-18(21)19-8-20(34)23-24(19)33-11-14(5-6-22(33)31-23)15-9-29-26(30-10-15)32-12-17-7-16(32)13-35-17/h1-6,9-11,16-17,19-20,25,34H,7-8,12-13H2/t16-,17?,19+,20+/m0/s1. The molecule has 0 radical (unpaired) electrons. The fourth-order valence-corrected chi connectivity index (χ4v) is 5.80. The van der Waals surface area contributed by atoms with Gasteiger partial charge < -0.3 is 23.9 Å². The van der Waals surface area contributed by atoms with Gasteiger partial charge in [0, 0.05) is 47.7 Å². The Balaban J connectivity index is 1.26. The number of halogens is 2. The van der Waals surface area contributed by atoms with Crippen molar-refractivity contribution in [3.8, 4) is 16.9 Å². The van der Waals surface area contributed by atoms with Crippen LogP contribution < -0.4 is 9.64 Å². The van der Waals surface area contributed by atoms with Crippen LogP contribution in [0.4, 0.5) is 14.7 Å². The van der Waals surface area contributed by atoms with Gasteiger partial charge in [0.05, 0.1) is 36.2 Å². The Kier molecular flexibility index (Phi) is 4.93. The Morgan fingerprint density at radius 2 is 1.89 bits per heavy atom. The average Bonchev–Trinajstić information content (AvgIpc) is 3.66. The van der Waals surface area contributed by atoms with Crippen molar-refractivity contribution >= 4 is 11.6 Å². The van der Waals surface area contributed by atoms with E-state index >= 15 is 0 Å². The fraction of sp³-hybridized carbons (Fsp3) is 0.346. The molecule has 2 saturated heterocycles. The van der Waals surface area contributed by atoms with Crippen LogP contribution in [-0.2, 0) is 4.74 Å². The monoisotopic (exact) mass is 491 g/mol. The van der Waals surface area contributed by atoms with E-state index in [2.05, 4.69) is 19.9 Å². The van der Waals surface area contributed by atoms with Crippen LogP contribution in [0.3, 0.4) is 0 Å².